The third-order valence-electron chi connectivity index (χ3n) is 6.42. The Hall–Kier alpha value is -2.85. The fourth-order valence-electron chi connectivity index (χ4n) is 4.81. The number of aromatic nitrogens is 3. The molecule has 0 fully saturated rings. The predicted molar refractivity (Wildman–Crippen MR) is 152 cm³/mol. The molecular formula is C28H36N4O4S2. The fourth-order valence-corrected chi connectivity index (χ4v) is 6.91. The second-order valence-electron chi connectivity index (χ2n) is 9.49. The third-order valence-corrected chi connectivity index (χ3v) is 8.59. The van der Waals surface area contributed by atoms with Gasteiger partial charge in [-0.05, 0) is 89.1 Å². The molecule has 1 aromatic carbocycles. The summed E-state index contributed by atoms with van der Waals surface area (Å²) in [6, 6.07) is 6.12. The van der Waals surface area contributed by atoms with Crippen molar-refractivity contribution >= 4 is 40.0 Å². The summed E-state index contributed by atoms with van der Waals surface area (Å²) in [5, 5.41) is 12.9. The van der Waals surface area contributed by atoms with Crippen molar-refractivity contribution in [3.05, 3.63) is 51.2 Å². The minimum absolute atomic E-state index is 0.148. The van der Waals surface area contributed by atoms with Crippen LogP contribution in [0.5, 0.6) is 5.75 Å². The molecule has 2 heterocycles. The van der Waals surface area contributed by atoms with E-state index in [2.05, 4.69) is 21.6 Å². The molecule has 0 saturated heterocycles. The molecule has 4 rings (SSSR count). The van der Waals surface area contributed by atoms with Crippen LogP contribution < -0.4 is 10.1 Å². The van der Waals surface area contributed by atoms with Gasteiger partial charge in [0.1, 0.15) is 10.8 Å². The van der Waals surface area contributed by atoms with Crippen LogP contribution in [0.25, 0.3) is 0 Å². The zero-order chi connectivity index (χ0) is 27.2. The highest BCUT2D eigenvalue weighted by Crippen LogP contribution is 2.38. The third kappa shape index (κ3) is 6.58. The highest BCUT2D eigenvalue weighted by molar-refractivity contribution is 7.99. The van der Waals surface area contributed by atoms with Gasteiger partial charge in [0.05, 0.1) is 17.9 Å². The first kappa shape index (κ1) is 28.2. The van der Waals surface area contributed by atoms with Crippen molar-refractivity contribution in [1.29, 1.82) is 0 Å². The van der Waals surface area contributed by atoms with E-state index < -0.39 is 0 Å². The molecule has 0 saturated carbocycles. The minimum atomic E-state index is -0.358. The first-order valence-electron chi connectivity index (χ1n) is 13.2. The van der Waals surface area contributed by atoms with E-state index in [-0.39, 0.29) is 23.7 Å². The molecule has 8 nitrogen and oxygen atoms in total. The summed E-state index contributed by atoms with van der Waals surface area (Å²) in [4.78, 5) is 27.0. The average Bonchev–Trinajstić information content (AvgIpc) is 3.35. The number of thiophene rings is 1. The molecule has 0 spiro atoms. The molecular weight excluding hydrogens is 520 g/mol. The standard InChI is InChI=1S/C28H36N4O4S2/c1-6-32-25(19(5)36-20-14-17(3)13-18(4)15-20)30-31-28(32)37-16-23(33)29-26-24(27(34)35-7-2)21-11-9-8-10-12-22(21)38-26/h13-15,19H,6-12,16H2,1-5H3,(H,29,33). The van der Waals surface area contributed by atoms with Crippen LogP contribution in [-0.2, 0) is 28.9 Å². The number of nitrogens with zero attached hydrogens (tertiary/aromatic N) is 3. The number of carbonyl (C=O) groups is 2. The first-order valence-corrected chi connectivity index (χ1v) is 15.0. The van der Waals surface area contributed by atoms with Crippen LogP contribution in [0, 0.1) is 13.8 Å². The summed E-state index contributed by atoms with van der Waals surface area (Å²) in [5.74, 6) is 1.10. The van der Waals surface area contributed by atoms with E-state index >= 15 is 0 Å². The van der Waals surface area contributed by atoms with Crippen LogP contribution in [-0.4, -0.2) is 39.0 Å². The Morgan fingerprint density at radius 3 is 2.55 bits per heavy atom. The van der Waals surface area contributed by atoms with Gasteiger partial charge in [0, 0.05) is 11.4 Å². The molecule has 3 aromatic rings. The van der Waals surface area contributed by atoms with Crippen molar-refractivity contribution in [3.63, 3.8) is 0 Å². The Kier molecular flexibility index (Phi) is 9.49. The minimum Gasteiger partial charge on any atom is -0.483 e. The summed E-state index contributed by atoms with van der Waals surface area (Å²) >= 11 is 2.83. The van der Waals surface area contributed by atoms with E-state index in [9.17, 15) is 9.59 Å². The van der Waals surface area contributed by atoms with E-state index in [1.54, 1.807) is 6.92 Å². The number of fused-ring (bicyclic) bond motifs is 1. The number of benzene rings is 1. The Bertz CT molecular complexity index is 1280. The fraction of sp³-hybridized carbons (Fsp3) is 0.500. The monoisotopic (exact) mass is 556 g/mol. The van der Waals surface area contributed by atoms with E-state index in [4.69, 9.17) is 9.47 Å². The molecule has 2 aromatic heterocycles. The Morgan fingerprint density at radius 2 is 1.84 bits per heavy atom. The predicted octanol–water partition coefficient (Wildman–Crippen LogP) is 6.29. The number of esters is 1. The van der Waals surface area contributed by atoms with Gasteiger partial charge in [0.2, 0.25) is 5.91 Å². The van der Waals surface area contributed by atoms with Crippen LogP contribution >= 0.6 is 23.1 Å². The van der Waals surface area contributed by atoms with Gasteiger partial charge < -0.3 is 19.4 Å². The van der Waals surface area contributed by atoms with Gasteiger partial charge in [0.25, 0.3) is 0 Å². The molecule has 1 unspecified atom stereocenters. The highest BCUT2D eigenvalue weighted by atomic mass is 32.2. The first-order chi connectivity index (χ1) is 18.3. The Morgan fingerprint density at radius 1 is 1.11 bits per heavy atom. The van der Waals surface area contributed by atoms with Crippen LogP contribution in [0.4, 0.5) is 5.00 Å². The normalized spacial score (nSPS) is 13.9. The summed E-state index contributed by atoms with van der Waals surface area (Å²) < 4.78 is 13.5. The molecule has 1 aliphatic rings. The van der Waals surface area contributed by atoms with Crippen molar-refractivity contribution in [2.75, 3.05) is 17.7 Å². The summed E-state index contributed by atoms with van der Waals surface area (Å²) in [5.41, 5.74) is 3.85. The maximum atomic E-state index is 13.0. The second-order valence-corrected chi connectivity index (χ2v) is 11.5. The molecule has 1 aliphatic carbocycles. The van der Waals surface area contributed by atoms with Gasteiger partial charge in [-0.25, -0.2) is 4.79 Å². The molecule has 0 radical (unpaired) electrons. The highest BCUT2D eigenvalue weighted by Gasteiger charge is 2.27. The molecule has 10 heteroatoms. The number of aryl methyl sites for hydroxylation is 3. The van der Waals surface area contributed by atoms with Gasteiger partial charge in [-0.2, -0.15) is 0 Å². The molecule has 1 N–H and O–H groups in total. The molecule has 0 aliphatic heterocycles. The zero-order valence-corrected chi connectivity index (χ0v) is 24.4. The number of rotatable bonds is 10. The van der Waals surface area contributed by atoms with Crippen LogP contribution in [0.15, 0.2) is 23.4 Å². The smallest absolute Gasteiger partial charge is 0.341 e. The van der Waals surface area contributed by atoms with Crippen molar-refractivity contribution in [1.82, 2.24) is 14.8 Å². The summed E-state index contributed by atoms with van der Waals surface area (Å²) in [6.45, 7) is 10.8. The SMILES string of the molecule is CCOC(=O)c1c(NC(=O)CSc2nnc(C(C)Oc3cc(C)cc(C)c3)n2CC)sc2c1CCCCC2. The number of ether oxygens (including phenoxy) is 2. The maximum Gasteiger partial charge on any atom is 0.341 e. The number of amides is 1. The van der Waals surface area contributed by atoms with E-state index in [1.165, 1.54) is 28.0 Å². The van der Waals surface area contributed by atoms with Crippen LogP contribution in [0.3, 0.4) is 0 Å². The topological polar surface area (TPSA) is 95.3 Å². The number of anilines is 1. The van der Waals surface area contributed by atoms with Crippen molar-refractivity contribution in [2.45, 2.75) is 84.5 Å². The van der Waals surface area contributed by atoms with Gasteiger partial charge in [-0.3, -0.25) is 4.79 Å². The van der Waals surface area contributed by atoms with Gasteiger partial charge >= 0.3 is 5.97 Å². The Labute approximate surface area is 232 Å². The summed E-state index contributed by atoms with van der Waals surface area (Å²) in [6.07, 6.45) is 4.76. The molecule has 38 heavy (non-hydrogen) atoms. The lowest BCUT2D eigenvalue weighted by molar-refractivity contribution is -0.113. The van der Waals surface area contributed by atoms with Gasteiger partial charge in [-0.1, -0.05) is 24.2 Å². The second kappa shape index (κ2) is 12.8. The molecule has 204 valence electrons. The number of hydrogen-bond donors (Lipinski definition) is 1. The lowest BCUT2D eigenvalue weighted by atomic mass is 10.1. The van der Waals surface area contributed by atoms with E-state index in [0.717, 1.165) is 54.5 Å². The van der Waals surface area contributed by atoms with Gasteiger partial charge in [-0.15, -0.1) is 21.5 Å². The largest absolute Gasteiger partial charge is 0.483 e. The maximum absolute atomic E-state index is 13.0. The number of nitrogens with one attached hydrogen (secondary N) is 1. The van der Waals surface area contributed by atoms with Crippen LogP contribution in [0.1, 0.15) is 83.9 Å². The molecule has 1 atom stereocenters. The quantitative estimate of drug-likeness (QED) is 0.178. The van der Waals surface area contributed by atoms with Crippen molar-refractivity contribution in [3.8, 4) is 5.75 Å². The molecule has 0 bridgehead atoms. The number of thioether (sulfide) groups is 1. The van der Waals surface area contributed by atoms with E-state index in [1.807, 2.05) is 44.4 Å². The number of hydrogen-bond acceptors (Lipinski definition) is 8. The van der Waals surface area contributed by atoms with Crippen molar-refractivity contribution in [2.24, 2.45) is 0 Å². The average molecular weight is 557 g/mol. The van der Waals surface area contributed by atoms with E-state index in [0.29, 0.717) is 34.7 Å². The molecule has 1 amide bonds. The summed E-state index contributed by atoms with van der Waals surface area (Å²) in [7, 11) is 0. The number of carbonyl (C=O) groups excluding carboxylic acids is 2. The lowest BCUT2D eigenvalue weighted by Crippen LogP contribution is -2.17. The lowest BCUT2D eigenvalue weighted by Gasteiger charge is -2.16. The van der Waals surface area contributed by atoms with Gasteiger partial charge in [0.15, 0.2) is 17.1 Å². The Balaban J connectivity index is 1.44. The zero-order valence-electron chi connectivity index (χ0n) is 22.8. The van der Waals surface area contributed by atoms with Crippen LogP contribution in [0.2, 0.25) is 0 Å². The van der Waals surface area contributed by atoms with Crippen molar-refractivity contribution < 1.29 is 19.1 Å².